The maximum absolute atomic E-state index is 13.0. The van der Waals surface area contributed by atoms with Crippen molar-refractivity contribution < 1.29 is 13.3 Å². The van der Waals surface area contributed by atoms with Crippen LogP contribution in [-0.2, 0) is 10.0 Å². The van der Waals surface area contributed by atoms with Crippen LogP contribution >= 0.6 is 34.8 Å². The summed E-state index contributed by atoms with van der Waals surface area (Å²) < 4.78 is 28.4. The van der Waals surface area contributed by atoms with Crippen molar-refractivity contribution in [2.45, 2.75) is 11.8 Å². The lowest BCUT2D eigenvalue weighted by molar-refractivity contribution is -0.385. The zero-order valence-corrected chi connectivity index (χ0v) is 19.4. The van der Waals surface area contributed by atoms with Crippen LogP contribution in [0.25, 0.3) is 0 Å². The number of sulfonamides is 1. The molecule has 8 nitrogen and oxygen atoms in total. The highest BCUT2D eigenvalue weighted by atomic mass is 35.5. The Hall–Kier alpha value is -2.85. The van der Waals surface area contributed by atoms with Gasteiger partial charge in [0.1, 0.15) is 4.90 Å². The minimum Gasteiger partial charge on any atom is -0.280 e. The number of hydrogen-bond acceptors (Lipinski definition) is 6. The summed E-state index contributed by atoms with van der Waals surface area (Å²) >= 11 is 18.0. The van der Waals surface area contributed by atoms with Crippen LogP contribution in [0.4, 0.5) is 17.1 Å². The summed E-state index contributed by atoms with van der Waals surface area (Å²) in [4.78, 5) is 10.2. The number of non-ortho nitro benzene ring substituents is 1. The normalized spacial score (nSPS) is 11.8. The monoisotopic (exact) mass is 512 g/mol. The number of rotatable bonds is 7. The van der Waals surface area contributed by atoms with E-state index in [1.807, 2.05) is 0 Å². The van der Waals surface area contributed by atoms with E-state index in [9.17, 15) is 18.5 Å². The van der Waals surface area contributed by atoms with E-state index in [1.54, 1.807) is 25.1 Å². The molecular formula is C20H15Cl3N4O4S. The first-order chi connectivity index (χ1) is 15.1. The maximum Gasteiger partial charge on any atom is 0.270 e. The van der Waals surface area contributed by atoms with E-state index in [4.69, 9.17) is 34.8 Å². The fourth-order valence-corrected chi connectivity index (χ4v) is 4.43. The average Bonchev–Trinajstić information content (AvgIpc) is 2.75. The van der Waals surface area contributed by atoms with Crippen molar-refractivity contribution in [1.82, 2.24) is 0 Å². The Morgan fingerprint density at radius 3 is 2.28 bits per heavy atom. The molecule has 0 spiro atoms. The highest BCUT2D eigenvalue weighted by molar-refractivity contribution is 7.92. The molecule has 0 bridgehead atoms. The summed E-state index contributed by atoms with van der Waals surface area (Å²) in [6.07, 6.45) is 0. The number of halogens is 3. The molecule has 0 atom stereocenters. The third kappa shape index (κ3) is 5.68. The SMILES string of the molecule is CC(=NNc1ccc([N+](=O)[O-])cc1S(=O)(=O)Nc1ccc(Cl)cc1)c1cc(Cl)ccc1Cl. The summed E-state index contributed by atoms with van der Waals surface area (Å²) in [7, 11) is -4.22. The van der Waals surface area contributed by atoms with E-state index in [1.165, 1.54) is 36.4 Å². The van der Waals surface area contributed by atoms with Gasteiger partial charge in [0, 0.05) is 38.5 Å². The van der Waals surface area contributed by atoms with Crippen LogP contribution in [0, 0.1) is 10.1 Å². The van der Waals surface area contributed by atoms with E-state index in [2.05, 4.69) is 15.2 Å². The smallest absolute Gasteiger partial charge is 0.270 e. The first-order valence-corrected chi connectivity index (χ1v) is 11.5. The zero-order valence-electron chi connectivity index (χ0n) is 16.3. The van der Waals surface area contributed by atoms with Crippen LogP contribution in [-0.4, -0.2) is 19.1 Å². The highest BCUT2D eigenvalue weighted by Crippen LogP contribution is 2.29. The molecule has 0 aromatic heterocycles. The standard InChI is InChI=1S/C20H15Cl3N4O4S/c1-12(17-10-14(22)4-8-18(17)23)24-25-19-9-7-16(27(28)29)11-20(19)32(30,31)26-15-5-2-13(21)3-6-15/h2-11,25-26H,1H3. The Morgan fingerprint density at radius 2 is 1.62 bits per heavy atom. The summed E-state index contributed by atoms with van der Waals surface area (Å²) in [5, 5.41) is 16.7. The molecule has 0 aliphatic heterocycles. The van der Waals surface area contributed by atoms with Crippen molar-refractivity contribution in [3.05, 3.63) is 91.4 Å². The van der Waals surface area contributed by atoms with Gasteiger partial charge in [-0.3, -0.25) is 20.3 Å². The number of nitrogens with one attached hydrogen (secondary N) is 2. The first kappa shape index (κ1) is 23.8. The van der Waals surface area contributed by atoms with E-state index in [0.717, 1.165) is 6.07 Å². The van der Waals surface area contributed by atoms with Gasteiger partial charge in [-0.2, -0.15) is 5.10 Å². The van der Waals surface area contributed by atoms with Gasteiger partial charge < -0.3 is 0 Å². The summed E-state index contributed by atoms with van der Waals surface area (Å²) in [5.41, 5.74) is 3.47. The number of benzene rings is 3. The van der Waals surface area contributed by atoms with Gasteiger partial charge in [-0.25, -0.2) is 8.42 Å². The number of nitro benzene ring substituents is 1. The molecule has 0 heterocycles. The Kier molecular flexibility index (Phi) is 7.25. The van der Waals surface area contributed by atoms with E-state index < -0.39 is 20.6 Å². The van der Waals surface area contributed by atoms with Crippen LogP contribution in [0.15, 0.2) is 70.7 Å². The molecule has 32 heavy (non-hydrogen) atoms. The topological polar surface area (TPSA) is 114 Å². The Balaban J connectivity index is 2.00. The molecular weight excluding hydrogens is 499 g/mol. The molecule has 0 saturated heterocycles. The van der Waals surface area contributed by atoms with Crippen molar-refractivity contribution in [2.75, 3.05) is 10.1 Å². The van der Waals surface area contributed by atoms with Crippen molar-refractivity contribution in [2.24, 2.45) is 5.10 Å². The van der Waals surface area contributed by atoms with E-state index in [-0.39, 0.29) is 16.3 Å². The van der Waals surface area contributed by atoms with Gasteiger partial charge in [-0.05, 0) is 55.5 Å². The molecule has 0 saturated carbocycles. The lowest BCUT2D eigenvalue weighted by Gasteiger charge is -2.13. The van der Waals surface area contributed by atoms with Gasteiger partial charge in [-0.1, -0.05) is 34.8 Å². The second-order valence-electron chi connectivity index (χ2n) is 6.48. The quantitative estimate of drug-likeness (QED) is 0.222. The molecule has 12 heteroatoms. The van der Waals surface area contributed by atoms with Crippen molar-refractivity contribution >= 4 is 67.6 Å². The molecule has 3 rings (SSSR count). The van der Waals surface area contributed by atoms with Crippen molar-refractivity contribution in [3.8, 4) is 0 Å². The molecule has 0 aliphatic rings. The molecule has 166 valence electrons. The predicted octanol–water partition coefficient (Wildman–Crippen LogP) is 6.19. The maximum atomic E-state index is 13.0. The minimum absolute atomic E-state index is 0.0227. The zero-order chi connectivity index (χ0) is 23.5. The highest BCUT2D eigenvalue weighted by Gasteiger charge is 2.23. The first-order valence-electron chi connectivity index (χ1n) is 8.89. The van der Waals surface area contributed by atoms with Crippen molar-refractivity contribution in [1.29, 1.82) is 0 Å². The Labute approximate surface area is 199 Å². The lowest BCUT2D eigenvalue weighted by atomic mass is 10.1. The number of hydrazone groups is 1. The Morgan fingerprint density at radius 1 is 0.969 bits per heavy atom. The second-order valence-corrected chi connectivity index (χ2v) is 9.41. The molecule has 2 N–H and O–H groups in total. The third-order valence-corrected chi connectivity index (χ3v) is 6.46. The van der Waals surface area contributed by atoms with Gasteiger partial charge >= 0.3 is 0 Å². The van der Waals surface area contributed by atoms with Gasteiger partial charge in [0.15, 0.2) is 0 Å². The molecule has 3 aromatic carbocycles. The summed E-state index contributed by atoms with van der Waals surface area (Å²) in [6, 6.07) is 14.2. The largest absolute Gasteiger partial charge is 0.280 e. The van der Waals surface area contributed by atoms with Crippen LogP contribution < -0.4 is 10.1 Å². The van der Waals surface area contributed by atoms with Crippen molar-refractivity contribution in [3.63, 3.8) is 0 Å². The van der Waals surface area contributed by atoms with Gasteiger partial charge in [-0.15, -0.1) is 0 Å². The van der Waals surface area contributed by atoms with Crippen LogP contribution in [0.3, 0.4) is 0 Å². The minimum atomic E-state index is -4.22. The molecule has 0 aliphatic carbocycles. The van der Waals surface area contributed by atoms with Gasteiger partial charge in [0.05, 0.1) is 16.3 Å². The fourth-order valence-electron chi connectivity index (χ4n) is 2.65. The molecule has 0 fully saturated rings. The third-order valence-electron chi connectivity index (χ3n) is 4.22. The number of anilines is 2. The van der Waals surface area contributed by atoms with Gasteiger partial charge in [0.25, 0.3) is 15.7 Å². The van der Waals surface area contributed by atoms with Crippen LogP contribution in [0.5, 0.6) is 0 Å². The molecule has 3 aromatic rings. The molecule has 0 unspecified atom stereocenters. The summed E-state index contributed by atoms with van der Waals surface area (Å²) in [6.45, 7) is 1.65. The van der Waals surface area contributed by atoms with E-state index >= 15 is 0 Å². The lowest BCUT2D eigenvalue weighted by Crippen LogP contribution is -2.15. The second kappa shape index (κ2) is 9.74. The fraction of sp³-hybridized carbons (Fsp3) is 0.0500. The molecule has 0 amide bonds. The number of nitro groups is 1. The van der Waals surface area contributed by atoms with Crippen LogP contribution in [0.2, 0.25) is 15.1 Å². The molecule has 0 radical (unpaired) electrons. The average molecular weight is 514 g/mol. The van der Waals surface area contributed by atoms with Crippen LogP contribution in [0.1, 0.15) is 12.5 Å². The number of hydrogen-bond donors (Lipinski definition) is 2. The predicted molar refractivity (Wildman–Crippen MR) is 128 cm³/mol. The summed E-state index contributed by atoms with van der Waals surface area (Å²) in [5.74, 6) is 0. The Bertz CT molecular complexity index is 1310. The number of nitrogens with zero attached hydrogens (tertiary/aromatic N) is 2. The van der Waals surface area contributed by atoms with Gasteiger partial charge in [0.2, 0.25) is 0 Å². The van der Waals surface area contributed by atoms with E-state index in [0.29, 0.717) is 26.3 Å².